The zero-order valence-corrected chi connectivity index (χ0v) is 13.3. The van der Waals surface area contributed by atoms with Crippen molar-refractivity contribution < 1.29 is 9.53 Å². The first-order valence-electron chi connectivity index (χ1n) is 7.61. The molecule has 0 N–H and O–H groups in total. The predicted molar refractivity (Wildman–Crippen MR) is 87.9 cm³/mol. The molecule has 1 aromatic heterocycles. The van der Waals surface area contributed by atoms with Crippen molar-refractivity contribution in [2.24, 2.45) is 0 Å². The Bertz CT molecular complexity index is 761. The number of anilines is 1. The second kappa shape index (κ2) is 6.96. The number of hydrogen-bond donors (Lipinski definition) is 0. The van der Waals surface area contributed by atoms with Gasteiger partial charge in [-0.3, -0.25) is 4.79 Å². The highest BCUT2D eigenvalue weighted by Crippen LogP contribution is 2.17. The quantitative estimate of drug-likeness (QED) is 0.847. The van der Waals surface area contributed by atoms with Gasteiger partial charge in [-0.2, -0.15) is 5.26 Å². The van der Waals surface area contributed by atoms with Crippen molar-refractivity contribution in [2.75, 3.05) is 38.2 Å². The van der Waals surface area contributed by atoms with Crippen molar-refractivity contribution in [3.63, 3.8) is 0 Å². The molecule has 0 aliphatic carbocycles. The molecular formula is C17H17N5O2. The number of aromatic nitrogens is 2. The average molecular weight is 323 g/mol. The first-order chi connectivity index (χ1) is 11.7. The lowest BCUT2D eigenvalue weighted by Gasteiger charge is -2.34. The van der Waals surface area contributed by atoms with Crippen molar-refractivity contribution >= 4 is 11.9 Å². The van der Waals surface area contributed by atoms with E-state index in [0.29, 0.717) is 49.0 Å². The summed E-state index contributed by atoms with van der Waals surface area (Å²) in [6.45, 7) is 2.50. The Morgan fingerprint density at radius 2 is 1.92 bits per heavy atom. The minimum atomic E-state index is -0.00528. The van der Waals surface area contributed by atoms with E-state index < -0.39 is 0 Å². The second-order valence-corrected chi connectivity index (χ2v) is 5.39. The zero-order chi connectivity index (χ0) is 16.9. The van der Waals surface area contributed by atoms with Gasteiger partial charge in [0.05, 0.1) is 25.1 Å². The number of piperazine rings is 1. The van der Waals surface area contributed by atoms with Gasteiger partial charge in [0.1, 0.15) is 11.8 Å². The number of ether oxygens (including phenoxy) is 1. The van der Waals surface area contributed by atoms with Crippen LogP contribution in [-0.4, -0.2) is 54.1 Å². The molecule has 1 fully saturated rings. The van der Waals surface area contributed by atoms with Crippen molar-refractivity contribution in [1.82, 2.24) is 14.9 Å². The van der Waals surface area contributed by atoms with E-state index in [9.17, 15) is 4.79 Å². The molecule has 122 valence electrons. The van der Waals surface area contributed by atoms with E-state index in [1.807, 2.05) is 28.0 Å². The van der Waals surface area contributed by atoms with Crippen molar-refractivity contribution in [1.29, 1.82) is 5.26 Å². The Kier molecular flexibility index (Phi) is 4.57. The molecule has 0 saturated carbocycles. The van der Waals surface area contributed by atoms with Crippen LogP contribution in [0, 0.1) is 11.3 Å². The molecule has 3 rings (SSSR count). The molecule has 0 spiro atoms. The molecule has 0 unspecified atom stereocenters. The molecule has 0 radical (unpaired) electrons. The van der Waals surface area contributed by atoms with Gasteiger partial charge >= 0.3 is 0 Å². The van der Waals surface area contributed by atoms with E-state index in [0.717, 1.165) is 0 Å². The van der Waals surface area contributed by atoms with E-state index in [1.165, 1.54) is 12.4 Å². The minimum absolute atomic E-state index is 0.00528. The van der Waals surface area contributed by atoms with Crippen LogP contribution in [0.1, 0.15) is 15.9 Å². The third-order valence-electron chi connectivity index (χ3n) is 3.93. The maximum atomic E-state index is 12.6. The highest BCUT2D eigenvalue weighted by Gasteiger charge is 2.23. The van der Waals surface area contributed by atoms with E-state index in [2.05, 4.69) is 9.97 Å². The van der Waals surface area contributed by atoms with Gasteiger partial charge in [-0.05, 0) is 18.2 Å². The molecule has 0 atom stereocenters. The highest BCUT2D eigenvalue weighted by atomic mass is 16.5. The fraction of sp³-hybridized carbons (Fsp3) is 0.294. The first kappa shape index (κ1) is 15.7. The lowest BCUT2D eigenvalue weighted by atomic mass is 10.1. The minimum Gasteiger partial charge on any atom is -0.497 e. The Labute approximate surface area is 140 Å². The molecule has 2 heterocycles. The summed E-state index contributed by atoms with van der Waals surface area (Å²) in [4.78, 5) is 24.8. The summed E-state index contributed by atoms with van der Waals surface area (Å²) in [6.07, 6.45) is 3.02. The molecule has 1 amide bonds. The standard InChI is InChI=1S/C17H17N5O2/c1-24-15-4-2-3-14(9-15)16(23)21-5-7-22(8-6-21)17-19-11-13(10-18)12-20-17/h2-4,9,11-12H,5-8H2,1H3. The number of carbonyl (C=O) groups is 1. The van der Waals surface area contributed by atoms with E-state index in [4.69, 9.17) is 10.00 Å². The topological polar surface area (TPSA) is 82.4 Å². The summed E-state index contributed by atoms with van der Waals surface area (Å²) in [7, 11) is 1.58. The van der Waals surface area contributed by atoms with Crippen molar-refractivity contribution in [2.45, 2.75) is 0 Å². The van der Waals surface area contributed by atoms with Crippen LogP contribution in [0.4, 0.5) is 5.95 Å². The summed E-state index contributed by atoms with van der Waals surface area (Å²) in [5.74, 6) is 1.25. The number of methoxy groups -OCH3 is 1. The molecule has 1 aliphatic heterocycles. The number of carbonyl (C=O) groups excluding carboxylic acids is 1. The van der Waals surface area contributed by atoms with Gasteiger partial charge < -0.3 is 14.5 Å². The van der Waals surface area contributed by atoms with E-state index in [-0.39, 0.29) is 5.91 Å². The third kappa shape index (κ3) is 3.27. The number of nitrogens with zero attached hydrogens (tertiary/aromatic N) is 5. The van der Waals surface area contributed by atoms with Gasteiger partial charge in [0.15, 0.2) is 0 Å². The SMILES string of the molecule is COc1cccc(C(=O)N2CCN(c3ncc(C#N)cn3)CC2)c1. The van der Waals surface area contributed by atoms with E-state index >= 15 is 0 Å². The molecule has 24 heavy (non-hydrogen) atoms. The average Bonchev–Trinajstić information content (AvgIpc) is 2.67. The number of rotatable bonds is 3. The van der Waals surface area contributed by atoms with Crippen LogP contribution < -0.4 is 9.64 Å². The number of amides is 1. The fourth-order valence-corrected chi connectivity index (χ4v) is 2.59. The van der Waals surface area contributed by atoms with Crippen LogP contribution in [0.15, 0.2) is 36.7 Å². The van der Waals surface area contributed by atoms with E-state index in [1.54, 1.807) is 19.2 Å². The Morgan fingerprint density at radius 3 is 2.54 bits per heavy atom. The molecule has 0 bridgehead atoms. The van der Waals surface area contributed by atoms with Crippen LogP contribution in [-0.2, 0) is 0 Å². The highest BCUT2D eigenvalue weighted by molar-refractivity contribution is 5.94. The van der Waals surface area contributed by atoms with Crippen molar-refractivity contribution in [3.05, 3.63) is 47.8 Å². The molecule has 2 aromatic rings. The van der Waals surface area contributed by atoms with Gasteiger partial charge in [-0.1, -0.05) is 6.07 Å². The summed E-state index contributed by atoms with van der Waals surface area (Å²) < 4.78 is 5.17. The summed E-state index contributed by atoms with van der Waals surface area (Å²) >= 11 is 0. The monoisotopic (exact) mass is 323 g/mol. The molecule has 1 aliphatic rings. The predicted octanol–water partition coefficient (Wildman–Crippen LogP) is 1.32. The Hall–Kier alpha value is -3.14. The smallest absolute Gasteiger partial charge is 0.254 e. The second-order valence-electron chi connectivity index (χ2n) is 5.39. The summed E-state index contributed by atoms with van der Waals surface area (Å²) in [6, 6.07) is 9.17. The van der Waals surface area contributed by atoms with Gasteiger partial charge in [-0.25, -0.2) is 9.97 Å². The molecule has 7 nitrogen and oxygen atoms in total. The largest absolute Gasteiger partial charge is 0.497 e. The fourth-order valence-electron chi connectivity index (χ4n) is 2.59. The Morgan fingerprint density at radius 1 is 1.21 bits per heavy atom. The van der Waals surface area contributed by atoms with Crippen LogP contribution >= 0.6 is 0 Å². The zero-order valence-electron chi connectivity index (χ0n) is 13.3. The lowest BCUT2D eigenvalue weighted by Crippen LogP contribution is -2.49. The maximum Gasteiger partial charge on any atom is 0.254 e. The number of hydrogen-bond acceptors (Lipinski definition) is 6. The summed E-state index contributed by atoms with van der Waals surface area (Å²) in [5, 5.41) is 8.78. The molecule has 1 saturated heterocycles. The summed E-state index contributed by atoms with van der Waals surface area (Å²) in [5.41, 5.74) is 1.06. The van der Waals surface area contributed by atoms with Crippen molar-refractivity contribution in [3.8, 4) is 11.8 Å². The number of nitriles is 1. The maximum absolute atomic E-state index is 12.6. The van der Waals surface area contributed by atoms with Gasteiger partial charge in [0.25, 0.3) is 5.91 Å². The normalized spacial score (nSPS) is 14.2. The lowest BCUT2D eigenvalue weighted by molar-refractivity contribution is 0.0746. The van der Waals surface area contributed by atoms with Gasteiger partial charge in [0.2, 0.25) is 5.95 Å². The molecule has 1 aromatic carbocycles. The van der Waals surface area contributed by atoms with Crippen LogP contribution in [0.25, 0.3) is 0 Å². The van der Waals surface area contributed by atoms with Crippen LogP contribution in [0.3, 0.4) is 0 Å². The third-order valence-corrected chi connectivity index (χ3v) is 3.93. The first-order valence-corrected chi connectivity index (χ1v) is 7.61. The molecular weight excluding hydrogens is 306 g/mol. The van der Waals surface area contributed by atoms with Crippen LogP contribution in [0.2, 0.25) is 0 Å². The number of benzene rings is 1. The van der Waals surface area contributed by atoms with Gasteiger partial charge in [-0.15, -0.1) is 0 Å². The van der Waals surface area contributed by atoms with Crippen LogP contribution in [0.5, 0.6) is 5.75 Å². The Balaban J connectivity index is 1.63. The molecule has 7 heteroatoms. The van der Waals surface area contributed by atoms with Gasteiger partial charge in [0, 0.05) is 31.7 Å².